The smallest absolute Gasteiger partial charge is 0.223 e. The summed E-state index contributed by atoms with van der Waals surface area (Å²) < 4.78 is 5.63. The number of halogens is 2. The van der Waals surface area contributed by atoms with Gasteiger partial charge in [0.2, 0.25) is 5.28 Å². The highest BCUT2D eigenvalue weighted by atomic mass is 35.5. The summed E-state index contributed by atoms with van der Waals surface area (Å²) in [6.45, 7) is 3.33. The standard InChI is InChI=1S/C11H15Cl2N3O/c12-10-9(5-15-11(13)16-10)7-17-6-8-2-1-3-14-4-8/h5,8,14H,1-4,6-7H2/t8-/m0/s1. The van der Waals surface area contributed by atoms with Crippen LogP contribution in [0.2, 0.25) is 10.4 Å². The van der Waals surface area contributed by atoms with Crippen LogP contribution in [0.25, 0.3) is 0 Å². The fourth-order valence-corrected chi connectivity index (χ4v) is 2.22. The van der Waals surface area contributed by atoms with Crippen molar-refractivity contribution < 1.29 is 4.74 Å². The molecule has 1 aromatic heterocycles. The minimum atomic E-state index is 0.162. The van der Waals surface area contributed by atoms with Crippen molar-refractivity contribution in [2.75, 3.05) is 19.7 Å². The Balaban J connectivity index is 1.77. The first-order valence-corrected chi connectivity index (χ1v) is 6.46. The number of nitrogens with one attached hydrogen (secondary N) is 1. The molecular formula is C11H15Cl2N3O. The highest BCUT2D eigenvalue weighted by Crippen LogP contribution is 2.16. The normalized spacial score (nSPS) is 20.5. The van der Waals surface area contributed by atoms with E-state index in [1.807, 2.05) is 0 Å². The van der Waals surface area contributed by atoms with E-state index in [1.54, 1.807) is 6.20 Å². The summed E-state index contributed by atoms with van der Waals surface area (Å²) in [5.74, 6) is 0.593. The molecule has 4 nitrogen and oxygen atoms in total. The molecule has 1 aliphatic heterocycles. The van der Waals surface area contributed by atoms with Gasteiger partial charge in [-0.1, -0.05) is 11.6 Å². The van der Waals surface area contributed by atoms with E-state index in [-0.39, 0.29) is 5.28 Å². The second-order valence-electron chi connectivity index (χ2n) is 4.18. The molecule has 0 aromatic carbocycles. The van der Waals surface area contributed by atoms with E-state index < -0.39 is 0 Å². The SMILES string of the molecule is Clc1ncc(COC[C@H]2CCCNC2)c(Cl)n1. The highest BCUT2D eigenvalue weighted by Gasteiger charge is 2.13. The third-order valence-electron chi connectivity index (χ3n) is 2.79. The number of ether oxygens (including phenoxy) is 1. The summed E-state index contributed by atoms with van der Waals surface area (Å²) in [7, 11) is 0. The van der Waals surface area contributed by atoms with Crippen LogP contribution in [-0.2, 0) is 11.3 Å². The maximum Gasteiger partial charge on any atom is 0.223 e. The zero-order valence-corrected chi connectivity index (χ0v) is 11.0. The van der Waals surface area contributed by atoms with E-state index in [4.69, 9.17) is 27.9 Å². The van der Waals surface area contributed by atoms with E-state index in [0.717, 1.165) is 25.3 Å². The molecule has 1 atom stereocenters. The van der Waals surface area contributed by atoms with E-state index in [0.29, 0.717) is 17.7 Å². The average molecular weight is 276 g/mol. The molecule has 17 heavy (non-hydrogen) atoms. The Morgan fingerprint density at radius 2 is 2.35 bits per heavy atom. The van der Waals surface area contributed by atoms with Gasteiger partial charge in [-0.3, -0.25) is 0 Å². The molecule has 0 bridgehead atoms. The number of aromatic nitrogens is 2. The maximum absolute atomic E-state index is 5.92. The second kappa shape index (κ2) is 6.50. The van der Waals surface area contributed by atoms with Crippen molar-refractivity contribution in [3.63, 3.8) is 0 Å². The Hall–Kier alpha value is -0.420. The van der Waals surface area contributed by atoms with Crippen molar-refractivity contribution in [3.05, 3.63) is 22.2 Å². The first-order valence-electron chi connectivity index (χ1n) is 5.71. The van der Waals surface area contributed by atoms with Gasteiger partial charge in [0.25, 0.3) is 0 Å². The van der Waals surface area contributed by atoms with Crippen molar-refractivity contribution >= 4 is 23.2 Å². The number of hydrogen-bond acceptors (Lipinski definition) is 4. The molecule has 0 radical (unpaired) electrons. The van der Waals surface area contributed by atoms with Crippen LogP contribution in [0, 0.1) is 5.92 Å². The van der Waals surface area contributed by atoms with Gasteiger partial charge in [0, 0.05) is 18.3 Å². The Labute approximate surface area is 111 Å². The van der Waals surface area contributed by atoms with Gasteiger partial charge in [0.05, 0.1) is 13.2 Å². The average Bonchev–Trinajstić information content (AvgIpc) is 2.33. The van der Waals surface area contributed by atoms with Crippen LogP contribution in [0.5, 0.6) is 0 Å². The van der Waals surface area contributed by atoms with Gasteiger partial charge < -0.3 is 10.1 Å². The topological polar surface area (TPSA) is 47.0 Å². The monoisotopic (exact) mass is 275 g/mol. The van der Waals surface area contributed by atoms with E-state index in [9.17, 15) is 0 Å². The number of hydrogen-bond donors (Lipinski definition) is 1. The fraction of sp³-hybridized carbons (Fsp3) is 0.636. The lowest BCUT2D eigenvalue weighted by Crippen LogP contribution is -2.32. The lowest BCUT2D eigenvalue weighted by molar-refractivity contribution is 0.0780. The minimum absolute atomic E-state index is 0.162. The third-order valence-corrected chi connectivity index (χ3v) is 3.30. The van der Waals surface area contributed by atoms with Crippen molar-refractivity contribution in [3.8, 4) is 0 Å². The van der Waals surface area contributed by atoms with Gasteiger partial charge in [-0.15, -0.1) is 0 Å². The van der Waals surface area contributed by atoms with Gasteiger partial charge in [0.1, 0.15) is 5.15 Å². The summed E-state index contributed by atoms with van der Waals surface area (Å²) in [4.78, 5) is 7.75. The molecule has 1 aliphatic rings. The summed E-state index contributed by atoms with van der Waals surface area (Å²) in [5.41, 5.74) is 0.778. The van der Waals surface area contributed by atoms with Crippen molar-refractivity contribution in [2.24, 2.45) is 5.92 Å². The highest BCUT2D eigenvalue weighted by molar-refractivity contribution is 6.32. The van der Waals surface area contributed by atoms with Crippen LogP contribution in [0.4, 0.5) is 0 Å². The van der Waals surface area contributed by atoms with Crippen LogP contribution in [-0.4, -0.2) is 29.7 Å². The van der Waals surface area contributed by atoms with Gasteiger partial charge in [-0.25, -0.2) is 9.97 Å². The van der Waals surface area contributed by atoms with Crippen LogP contribution in [0.3, 0.4) is 0 Å². The lowest BCUT2D eigenvalue weighted by atomic mass is 10.0. The molecule has 0 unspecified atom stereocenters. The van der Waals surface area contributed by atoms with Crippen LogP contribution < -0.4 is 5.32 Å². The quantitative estimate of drug-likeness (QED) is 0.677. The van der Waals surface area contributed by atoms with Gasteiger partial charge in [-0.05, 0) is 36.9 Å². The Bertz CT molecular complexity index is 370. The zero-order valence-electron chi connectivity index (χ0n) is 9.46. The fourth-order valence-electron chi connectivity index (χ4n) is 1.86. The first kappa shape index (κ1) is 13.0. The number of piperidine rings is 1. The Morgan fingerprint density at radius 3 is 3.06 bits per heavy atom. The molecule has 1 N–H and O–H groups in total. The molecule has 94 valence electrons. The van der Waals surface area contributed by atoms with Crippen LogP contribution >= 0.6 is 23.2 Å². The first-order chi connectivity index (χ1) is 8.25. The second-order valence-corrected chi connectivity index (χ2v) is 4.88. The van der Waals surface area contributed by atoms with E-state index in [1.165, 1.54) is 12.8 Å². The molecular weight excluding hydrogens is 261 g/mol. The van der Waals surface area contributed by atoms with Gasteiger partial charge >= 0.3 is 0 Å². The molecule has 0 saturated carbocycles. The van der Waals surface area contributed by atoms with E-state index in [2.05, 4.69) is 15.3 Å². The predicted octanol–water partition coefficient (Wildman–Crippen LogP) is 2.30. The predicted molar refractivity (Wildman–Crippen MR) is 67.3 cm³/mol. The molecule has 1 fully saturated rings. The molecule has 1 saturated heterocycles. The molecule has 2 heterocycles. The molecule has 2 rings (SSSR count). The van der Waals surface area contributed by atoms with Crippen molar-refractivity contribution in [1.29, 1.82) is 0 Å². The zero-order chi connectivity index (χ0) is 12.1. The Kier molecular flexibility index (Phi) is 4.98. The number of nitrogens with zero attached hydrogens (tertiary/aromatic N) is 2. The third kappa shape index (κ3) is 4.07. The van der Waals surface area contributed by atoms with Gasteiger partial charge in [0.15, 0.2) is 0 Å². The molecule has 0 aliphatic carbocycles. The van der Waals surface area contributed by atoms with Crippen molar-refractivity contribution in [2.45, 2.75) is 19.4 Å². The molecule has 1 aromatic rings. The van der Waals surface area contributed by atoms with Crippen LogP contribution in [0.1, 0.15) is 18.4 Å². The van der Waals surface area contributed by atoms with Gasteiger partial charge in [-0.2, -0.15) is 0 Å². The summed E-state index contributed by atoms with van der Waals surface area (Å²) >= 11 is 11.5. The summed E-state index contributed by atoms with van der Waals surface area (Å²) in [6.07, 6.45) is 4.05. The van der Waals surface area contributed by atoms with Crippen LogP contribution in [0.15, 0.2) is 6.20 Å². The Morgan fingerprint density at radius 1 is 1.47 bits per heavy atom. The van der Waals surface area contributed by atoms with E-state index >= 15 is 0 Å². The molecule has 0 spiro atoms. The van der Waals surface area contributed by atoms with Crippen molar-refractivity contribution in [1.82, 2.24) is 15.3 Å². The molecule has 6 heteroatoms. The molecule has 0 amide bonds. The summed E-state index contributed by atoms with van der Waals surface area (Å²) in [5, 5.41) is 3.88. The minimum Gasteiger partial charge on any atom is -0.376 e. The summed E-state index contributed by atoms with van der Waals surface area (Å²) in [6, 6.07) is 0. The number of rotatable bonds is 4. The maximum atomic E-state index is 5.92. The lowest BCUT2D eigenvalue weighted by Gasteiger charge is -2.22. The largest absolute Gasteiger partial charge is 0.376 e.